The first-order valence-electron chi connectivity index (χ1n) is 13.5. The monoisotopic (exact) mass is 556 g/mol. The molecule has 1 fully saturated rings. The summed E-state index contributed by atoms with van der Waals surface area (Å²) in [6.07, 6.45) is 4.27. The predicted molar refractivity (Wildman–Crippen MR) is 157 cm³/mol. The number of hydrogen-bond donors (Lipinski definition) is 1. The third-order valence-electron chi connectivity index (χ3n) is 7.19. The lowest BCUT2D eigenvalue weighted by atomic mass is 9.76. The fourth-order valence-electron chi connectivity index (χ4n) is 5.13. The molecule has 3 aromatic carbocycles. The molecule has 0 spiro atoms. The van der Waals surface area contributed by atoms with Crippen LogP contribution < -0.4 is 14.8 Å². The molecule has 0 saturated carbocycles. The molecule has 1 aromatic heterocycles. The molecule has 6 nitrogen and oxygen atoms in total. The number of benzene rings is 3. The maximum Gasteiger partial charge on any atom is 0.262 e. The second-order valence-electron chi connectivity index (χ2n) is 10.3. The van der Waals surface area contributed by atoms with Crippen LogP contribution in [0.1, 0.15) is 43.4 Å². The fraction of sp³-hybridized carbons (Fsp3) is 0.273. The smallest absolute Gasteiger partial charge is 0.262 e. The zero-order valence-electron chi connectivity index (χ0n) is 22.6. The number of nitrogens with one attached hydrogen (secondary N) is 1. The van der Waals surface area contributed by atoms with Crippen LogP contribution in [-0.4, -0.2) is 24.1 Å². The summed E-state index contributed by atoms with van der Waals surface area (Å²) in [6, 6.07) is 26.7. The first kappa shape index (κ1) is 27.7. The van der Waals surface area contributed by atoms with E-state index in [9.17, 15) is 4.79 Å². The van der Waals surface area contributed by atoms with Gasteiger partial charge in [0.25, 0.3) is 5.91 Å². The Balaban J connectivity index is 1.17. The molecule has 4 aromatic rings. The summed E-state index contributed by atoms with van der Waals surface area (Å²) >= 11 is 6.49. The van der Waals surface area contributed by atoms with E-state index in [0.29, 0.717) is 41.4 Å². The van der Waals surface area contributed by atoms with Crippen molar-refractivity contribution in [2.75, 3.05) is 18.5 Å². The molecule has 1 aliphatic rings. The van der Waals surface area contributed by atoms with Crippen LogP contribution in [0.15, 0.2) is 97.3 Å². The topological polar surface area (TPSA) is 69.7 Å². The lowest BCUT2D eigenvalue weighted by molar-refractivity contribution is -0.118. The highest BCUT2D eigenvalue weighted by atomic mass is 35.5. The second-order valence-corrected chi connectivity index (χ2v) is 10.7. The summed E-state index contributed by atoms with van der Waals surface area (Å²) in [5.74, 6) is 2.69. The lowest BCUT2D eigenvalue weighted by Gasteiger charge is -2.39. The van der Waals surface area contributed by atoms with Gasteiger partial charge in [0.2, 0.25) is 0 Å². The first-order valence-corrected chi connectivity index (χ1v) is 13.9. The molecule has 1 N–H and O–H groups in total. The number of rotatable bonds is 9. The average molecular weight is 557 g/mol. The molecule has 0 aliphatic carbocycles. The Kier molecular flexibility index (Phi) is 8.99. The van der Waals surface area contributed by atoms with Gasteiger partial charge in [0, 0.05) is 22.8 Å². The van der Waals surface area contributed by atoms with Crippen molar-refractivity contribution in [1.29, 1.82) is 0 Å². The molecule has 1 amide bonds. The summed E-state index contributed by atoms with van der Waals surface area (Å²) in [4.78, 5) is 16.6. The summed E-state index contributed by atoms with van der Waals surface area (Å²) < 4.78 is 18.1. The highest BCUT2D eigenvalue weighted by Gasteiger charge is 2.35. The second kappa shape index (κ2) is 13.0. The molecule has 5 rings (SSSR count). The molecular weight excluding hydrogens is 524 g/mol. The molecule has 40 heavy (non-hydrogen) atoms. The summed E-state index contributed by atoms with van der Waals surface area (Å²) in [7, 11) is 0. The van der Waals surface area contributed by atoms with Gasteiger partial charge in [-0.15, -0.1) is 0 Å². The van der Waals surface area contributed by atoms with Crippen LogP contribution in [0, 0.1) is 11.8 Å². The molecule has 2 heterocycles. The molecule has 206 valence electrons. The van der Waals surface area contributed by atoms with Crippen LogP contribution in [0.5, 0.6) is 17.2 Å². The van der Waals surface area contributed by atoms with Crippen LogP contribution in [0.2, 0.25) is 5.02 Å². The SMILES string of the molecule is CC(C)[C@@H]1C[C@H](c2ccccc2Cl)CO[C@H]1c1cccc(OCC(=O)Nc2ccc(Oc3cccnc3)cc2)c1. The van der Waals surface area contributed by atoms with Gasteiger partial charge in [-0.2, -0.15) is 0 Å². The van der Waals surface area contributed by atoms with Crippen molar-refractivity contribution in [3.63, 3.8) is 0 Å². The van der Waals surface area contributed by atoms with Crippen molar-refractivity contribution >= 4 is 23.2 Å². The Bertz CT molecular complexity index is 1410. The predicted octanol–water partition coefficient (Wildman–Crippen LogP) is 8.06. The Labute approximate surface area is 240 Å². The van der Waals surface area contributed by atoms with E-state index in [0.717, 1.165) is 22.6 Å². The van der Waals surface area contributed by atoms with Gasteiger partial charge >= 0.3 is 0 Å². The highest BCUT2D eigenvalue weighted by Crippen LogP contribution is 2.45. The Hall–Kier alpha value is -3.87. The number of ether oxygens (including phenoxy) is 3. The van der Waals surface area contributed by atoms with E-state index in [-0.39, 0.29) is 24.5 Å². The fourth-order valence-corrected chi connectivity index (χ4v) is 5.42. The lowest BCUT2D eigenvalue weighted by Crippen LogP contribution is -2.31. The van der Waals surface area contributed by atoms with Crippen molar-refractivity contribution in [3.05, 3.63) is 113 Å². The number of halogens is 1. The van der Waals surface area contributed by atoms with Crippen LogP contribution in [-0.2, 0) is 9.53 Å². The maximum absolute atomic E-state index is 12.6. The number of hydrogen-bond acceptors (Lipinski definition) is 5. The summed E-state index contributed by atoms with van der Waals surface area (Å²) in [5, 5.41) is 3.65. The summed E-state index contributed by atoms with van der Waals surface area (Å²) in [6.45, 7) is 4.97. The minimum Gasteiger partial charge on any atom is -0.484 e. The molecule has 0 radical (unpaired) electrons. The zero-order chi connectivity index (χ0) is 27.9. The molecule has 0 unspecified atom stereocenters. The molecule has 7 heteroatoms. The number of carbonyl (C=O) groups is 1. The Morgan fingerprint density at radius 1 is 1.00 bits per heavy atom. The zero-order valence-corrected chi connectivity index (χ0v) is 23.4. The Morgan fingerprint density at radius 3 is 2.55 bits per heavy atom. The van der Waals surface area contributed by atoms with Gasteiger partial charge in [-0.05, 0) is 84.0 Å². The number of aromatic nitrogens is 1. The van der Waals surface area contributed by atoms with Crippen molar-refractivity contribution in [2.24, 2.45) is 11.8 Å². The van der Waals surface area contributed by atoms with E-state index in [1.54, 1.807) is 36.7 Å². The van der Waals surface area contributed by atoms with E-state index in [1.165, 1.54) is 0 Å². The normalized spacial score (nSPS) is 18.8. The third kappa shape index (κ3) is 7.00. The highest BCUT2D eigenvalue weighted by molar-refractivity contribution is 6.31. The van der Waals surface area contributed by atoms with Gasteiger partial charge in [0.1, 0.15) is 17.2 Å². The average Bonchev–Trinajstić information content (AvgIpc) is 2.98. The van der Waals surface area contributed by atoms with Gasteiger partial charge in [-0.1, -0.05) is 55.8 Å². The third-order valence-corrected chi connectivity index (χ3v) is 7.53. The maximum atomic E-state index is 12.6. The number of carbonyl (C=O) groups excluding carboxylic acids is 1. The van der Waals surface area contributed by atoms with Gasteiger partial charge < -0.3 is 19.5 Å². The quantitative estimate of drug-likeness (QED) is 0.226. The Morgan fingerprint density at radius 2 is 1.80 bits per heavy atom. The van der Waals surface area contributed by atoms with E-state index in [2.05, 4.69) is 36.3 Å². The molecular formula is C33H33ClN2O4. The summed E-state index contributed by atoms with van der Waals surface area (Å²) in [5.41, 5.74) is 2.86. The first-order chi connectivity index (χ1) is 19.5. The van der Waals surface area contributed by atoms with E-state index in [4.69, 9.17) is 25.8 Å². The molecule has 3 atom stereocenters. The molecule has 1 aliphatic heterocycles. The van der Waals surface area contributed by atoms with E-state index < -0.39 is 0 Å². The number of nitrogens with zero attached hydrogens (tertiary/aromatic N) is 1. The largest absolute Gasteiger partial charge is 0.484 e. The van der Waals surface area contributed by atoms with Gasteiger partial charge in [-0.25, -0.2) is 0 Å². The van der Waals surface area contributed by atoms with Crippen molar-refractivity contribution in [2.45, 2.75) is 32.3 Å². The van der Waals surface area contributed by atoms with Gasteiger partial charge in [0.05, 0.1) is 18.9 Å². The van der Waals surface area contributed by atoms with Crippen LogP contribution in [0.3, 0.4) is 0 Å². The van der Waals surface area contributed by atoms with Crippen LogP contribution >= 0.6 is 11.6 Å². The number of amides is 1. The van der Waals surface area contributed by atoms with Crippen LogP contribution in [0.25, 0.3) is 0 Å². The minimum atomic E-state index is -0.247. The van der Waals surface area contributed by atoms with E-state index >= 15 is 0 Å². The molecule has 1 saturated heterocycles. The van der Waals surface area contributed by atoms with Gasteiger partial charge in [-0.3, -0.25) is 9.78 Å². The molecule has 0 bridgehead atoms. The minimum absolute atomic E-state index is 0.0523. The van der Waals surface area contributed by atoms with Crippen LogP contribution in [0.4, 0.5) is 5.69 Å². The van der Waals surface area contributed by atoms with E-state index in [1.807, 2.05) is 48.5 Å². The standard InChI is InChI=1S/C33H33ClN2O4/c1-22(2)30-18-24(29-10-3-4-11-31(29)34)20-39-33(30)23-7-5-8-27(17-23)38-21-32(37)36-25-12-14-26(15-13-25)40-28-9-6-16-35-19-28/h3-17,19,22,24,30,33H,18,20-21H2,1-2H3,(H,36,37)/t24-,30-,33-/m0/s1. The number of pyridine rings is 1. The van der Waals surface area contributed by atoms with Crippen molar-refractivity contribution < 1.29 is 19.0 Å². The number of anilines is 1. The van der Waals surface area contributed by atoms with Gasteiger partial charge in [0.15, 0.2) is 6.61 Å². The van der Waals surface area contributed by atoms with Crippen molar-refractivity contribution in [1.82, 2.24) is 4.98 Å². The van der Waals surface area contributed by atoms with Crippen molar-refractivity contribution in [3.8, 4) is 17.2 Å².